The van der Waals surface area contributed by atoms with Crippen LogP contribution < -0.4 is 4.74 Å². The minimum absolute atomic E-state index is 0.173. The van der Waals surface area contributed by atoms with Gasteiger partial charge in [0.2, 0.25) is 5.79 Å². The number of carbonyl (C=O) groups is 1. The van der Waals surface area contributed by atoms with Gasteiger partial charge in [0.15, 0.2) is 0 Å². The van der Waals surface area contributed by atoms with E-state index in [1.165, 1.54) is 12.5 Å². The number of hydrogen-bond donors (Lipinski definition) is 0. The lowest BCUT2D eigenvalue weighted by atomic mass is 9.21. The molecule has 0 N–H and O–H groups in total. The van der Waals surface area contributed by atoms with Gasteiger partial charge in [-0.05, 0) is 43.7 Å². The van der Waals surface area contributed by atoms with Crippen molar-refractivity contribution >= 4 is 19.2 Å². The second-order valence-electron chi connectivity index (χ2n) is 9.60. The molecule has 0 bridgehead atoms. The zero-order chi connectivity index (χ0) is 19.7. The second-order valence-corrected chi connectivity index (χ2v) is 9.60. The van der Waals surface area contributed by atoms with Gasteiger partial charge in [0.05, 0.1) is 11.2 Å². The van der Waals surface area contributed by atoms with Gasteiger partial charge in [-0.25, -0.2) is 9.18 Å². The fourth-order valence-corrected chi connectivity index (χ4v) is 6.72. The van der Waals surface area contributed by atoms with Crippen molar-refractivity contribution in [2.75, 3.05) is 0 Å². The van der Waals surface area contributed by atoms with E-state index in [-0.39, 0.29) is 27.9 Å². The minimum Gasteiger partial charge on any atom is -0.451 e. The Hall–Kier alpha value is -1.86. The molecule has 3 saturated carbocycles. The van der Waals surface area contributed by atoms with Crippen LogP contribution >= 0.6 is 0 Å². The highest BCUT2D eigenvalue weighted by Gasteiger charge is 2.93. The lowest BCUT2D eigenvalue weighted by molar-refractivity contribution is -0.429. The molecule has 1 saturated heterocycles. The lowest BCUT2D eigenvalue weighted by Gasteiger charge is -2.87. The summed E-state index contributed by atoms with van der Waals surface area (Å²) in [6.45, 7) is 7.74. The number of carbonyl (C=O) groups excluding carboxylic acids is 1. The molecule has 7 heteroatoms. The number of halogens is 1. The molecular formula is C21H22BFO5. The molecule has 146 valence electrons. The van der Waals surface area contributed by atoms with Crippen molar-refractivity contribution < 1.29 is 28.0 Å². The van der Waals surface area contributed by atoms with Gasteiger partial charge < -0.3 is 18.8 Å². The Kier molecular flexibility index (Phi) is 2.83. The largest absolute Gasteiger partial charge is 0.487 e. The van der Waals surface area contributed by atoms with Crippen LogP contribution in [0.5, 0.6) is 5.75 Å². The lowest BCUT2D eigenvalue weighted by Crippen LogP contribution is -2.92. The highest BCUT2D eigenvalue weighted by molar-refractivity contribution is 6.52. The molecule has 4 unspecified atom stereocenters. The molecule has 6 rings (SSSR count). The third-order valence-corrected chi connectivity index (χ3v) is 8.10. The van der Waals surface area contributed by atoms with E-state index in [0.29, 0.717) is 11.5 Å². The maximum atomic E-state index is 14.2. The highest BCUT2D eigenvalue weighted by atomic mass is 19.1. The van der Waals surface area contributed by atoms with E-state index in [9.17, 15) is 9.18 Å². The van der Waals surface area contributed by atoms with Crippen LogP contribution in [0.3, 0.4) is 0 Å². The third-order valence-electron chi connectivity index (χ3n) is 8.10. The van der Waals surface area contributed by atoms with Crippen LogP contribution in [-0.2, 0) is 14.0 Å². The van der Waals surface area contributed by atoms with Crippen molar-refractivity contribution in [1.29, 1.82) is 0 Å². The molecule has 5 nitrogen and oxygen atoms in total. The molecule has 3 aliphatic carbocycles. The van der Waals surface area contributed by atoms with E-state index in [2.05, 4.69) is 13.8 Å². The molecule has 0 radical (unpaired) electrons. The number of fused-ring (bicyclic) bond motifs is 2. The Morgan fingerprint density at radius 3 is 2.64 bits per heavy atom. The Balaban J connectivity index is 1.31. The van der Waals surface area contributed by atoms with Crippen molar-refractivity contribution in [3.05, 3.63) is 35.1 Å². The standard InChI is InChI=1S/C21H22BFO5/c1-18(2)25-16-11(5-6-13(23)15(16)17(24)26-18)7-8-22-27-20(4)14-9-12-10-21(20,28-22)19(12,14)3/h5-8,12,14H,9-10H2,1-4H3/b8-7-/t12?,14?,19?,20-,21?/m0/s1. The molecule has 28 heavy (non-hydrogen) atoms. The van der Waals surface area contributed by atoms with E-state index in [1.807, 2.05) is 5.98 Å². The van der Waals surface area contributed by atoms with Crippen LogP contribution in [0.2, 0.25) is 0 Å². The summed E-state index contributed by atoms with van der Waals surface area (Å²) in [5.74, 6) is 0.826. The number of benzene rings is 1. The number of rotatable bonds is 2. The normalized spacial score (nSPS) is 43.8. The summed E-state index contributed by atoms with van der Waals surface area (Å²) in [5, 5.41) is 0. The smallest absolute Gasteiger partial charge is 0.451 e. The van der Waals surface area contributed by atoms with E-state index < -0.39 is 24.7 Å². The maximum Gasteiger partial charge on any atom is 0.487 e. The predicted octanol–water partition coefficient (Wildman–Crippen LogP) is 3.76. The van der Waals surface area contributed by atoms with Gasteiger partial charge in [0.25, 0.3) is 0 Å². The van der Waals surface area contributed by atoms with Crippen LogP contribution in [0.4, 0.5) is 4.39 Å². The van der Waals surface area contributed by atoms with Crippen LogP contribution in [0.15, 0.2) is 18.1 Å². The molecular weight excluding hydrogens is 362 g/mol. The monoisotopic (exact) mass is 384 g/mol. The fourth-order valence-electron chi connectivity index (χ4n) is 6.72. The van der Waals surface area contributed by atoms with Crippen LogP contribution in [0.1, 0.15) is 56.5 Å². The van der Waals surface area contributed by atoms with Crippen LogP contribution in [-0.4, -0.2) is 30.1 Å². The Labute approximate surface area is 163 Å². The van der Waals surface area contributed by atoms with Crippen molar-refractivity contribution in [1.82, 2.24) is 0 Å². The predicted molar refractivity (Wildman–Crippen MR) is 98.9 cm³/mol. The summed E-state index contributed by atoms with van der Waals surface area (Å²) in [7, 11) is -0.461. The molecule has 5 atom stereocenters. The zero-order valence-electron chi connectivity index (χ0n) is 16.4. The molecule has 0 aromatic heterocycles. The van der Waals surface area contributed by atoms with Crippen LogP contribution in [0.25, 0.3) is 6.08 Å². The van der Waals surface area contributed by atoms with Crippen molar-refractivity contribution in [3.8, 4) is 5.75 Å². The fraction of sp³-hybridized carbons (Fsp3) is 0.571. The number of cyclic esters (lactones) is 1. The second kappa shape index (κ2) is 4.65. The quantitative estimate of drug-likeness (QED) is 0.574. The van der Waals surface area contributed by atoms with Gasteiger partial charge >= 0.3 is 13.1 Å². The average Bonchev–Trinajstić information content (AvgIpc) is 2.92. The Bertz CT molecular complexity index is 976. The molecule has 5 aliphatic rings. The highest BCUT2D eigenvalue weighted by Crippen LogP contribution is 2.87. The van der Waals surface area contributed by atoms with E-state index in [0.717, 1.165) is 12.3 Å². The molecule has 2 heterocycles. The number of hydrogen-bond acceptors (Lipinski definition) is 5. The minimum atomic E-state index is -1.15. The molecule has 1 spiro atoms. The first-order valence-electron chi connectivity index (χ1n) is 9.90. The van der Waals surface area contributed by atoms with Crippen molar-refractivity contribution in [2.24, 2.45) is 17.3 Å². The summed E-state index contributed by atoms with van der Waals surface area (Å²) >= 11 is 0. The molecule has 2 aliphatic heterocycles. The van der Waals surface area contributed by atoms with Crippen molar-refractivity contribution in [2.45, 2.75) is 57.5 Å². The topological polar surface area (TPSA) is 54.0 Å². The molecule has 1 aromatic carbocycles. The average molecular weight is 384 g/mol. The Morgan fingerprint density at radius 2 is 1.96 bits per heavy atom. The van der Waals surface area contributed by atoms with Crippen molar-refractivity contribution in [3.63, 3.8) is 0 Å². The zero-order valence-corrected chi connectivity index (χ0v) is 16.4. The summed E-state index contributed by atoms with van der Waals surface area (Å²) in [5.41, 5.74) is 0.281. The van der Waals surface area contributed by atoms with Gasteiger partial charge in [-0.15, -0.1) is 0 Å². The van der Waals surface area contributed by atoms with E-state index in [1.54, 1.807) is 26.0 Å². The Morgan fingerprint density at radius 1 is 1.18 bits per heavy atom. The summed E-state index contributed by atoms with van der Waals surface area (Å²) in [4.78, 5) is 12.2. The third kappa shape index (κ3) is 1.63. The number of esters is 1. The van der Waals surface area contributed by atoms with Gasteiger partial charge in [0.1, 0.15) is 17.1 Å². The summed E-state index contributed by atoms with van der Waals surface area (Å²) in [6, 6.07) is 2.84. The van der Waals surface area contributed by atoms with Gasteiger partial charge in [-0.3, -0.25) is 0 Å². The first-order chi connectivity index (χ1) is 13.1. The van der Waals surface area contributed by atoms with Gasteiger partial charge in [-0.1, -0.05) is 19.0 Å². The number of ether oxygens (including phenoxy) is 2. The first kappa shape index (κ1) is 17.0. The van der Waals surface area contributed by atoms with Crippen LogP contribution in [0, 0.1) is 23.1 Å². The SMILES string of the molecule is CC1(C)OC(=O)c2c(F)ccc(/C=C\B3OC45CC6CC(C64C)[C@]5(C)O3)c2O1. The summed E-state index contributed by atoms with van der Waals surface area (Å²) in [6.07, 6.45) is 4.07. The summed E-state index contributed by atoms with van der Waals surface area (Å²) < 4.78 is 37.8. The molecule has 1 aromatic rings. The molecule has 0 amide bonds. The molecule has 4 fully saturated rings. The maximum absolute atomic E-state index is 14.2. The van der Waals surface area contributed by atoms with E-state index in [4.69, 9.17) is 18.8 Å². The van der Waals surface area contributed by atoms with Gasteiger partial charge in [-0.2, -0.15) is 0 Å². The van der Waals surface area contributed by atoms with E-state index >= 15 is 0 Å². The first-order valence-corrected chi connectivity index (χ1v) is 9.90. The van der Waals surface area contributed by atoms with Gasteiger partial charge in [0, 0.05) is 24.8 Å².